The van der Waals surface area contributed by atoms with E-state index in [2.05, 4.69) is 10.1 Å². The number of rotatable bonds is 3. The number of hydrogen-bond acceptors (Lipinski definition) is 3. The van der Waals surface area contributed by atoms with Crippen LogP contribution in [0.5, 0.6) is 5.75 Å². The van der Waals surface area contributed by atoms with Crippen LogP contribution in [0.15, 0.2) is 59.5 Å². The lowest BCUT2D eigenvalue weighted by atomic mass is 9.99. The molecule has 2 aromatic rings. The van der Waals surface area contributed by atoms with Crippen molar-refractivity contribution in [2.24, 2.45) is 0 Å². The van der Waals surface area contributed by atoms with Crippen molar-refractivity contribution in [3.63, 3.8) is 0 Å². The monoisotopic (exact) mass is 365 g/mol. The second kappa shape index (κ2) is 6.35. The second-order valence-electron chi connectivity index (χ2n) is 5.98. The molecule has 6 heteroatoms. The smallest absolute Gasteiger partial charge is 0.282 e. The van der Waals surface area contributed by atoms with E-state index >= 15 is 0 Å². The Morgan fingerprint density at radius 2 is 1.92 bits per heavy atom. The zero-order chi connectivity index (χ0) is 18.3. The first kappa shape index (κ1) is 16.4. The number of aromatic nitrogens is 3. The molecule has 0 aromatic heterocycles. The molecular weight excluding hydrogens is 350 g/mol. The molecule has 0 unspecified atom stereocenters. The van der Waals surface area contributed by atoms with Gasteiger partial charge in [0.1, 0.15) is 11.4 Å². The van der Waals surface area contributed by atoms with Crippen LogP contribution in [-0.4, -0.2) is 21.9 Å². The fourth-order valence-electron chi connectivity index (χ4n) is 3.05. The number of nitrogens with zero attached hydrogens (tertiary/aromatic N) is 2. The number of halogens is 1. The van der Waals surface area contributed by atoms with Crippen LogP contribution in [0, 0.1) is 6.92 Å². The maximum Gasteiger partial charge on any atom is 0.282 e. The van der Waals surface area contributed by atoms with Gasteiger partial charge < -0.3 is 9.72 Å². The summed E-state index contributed by atoms with van der Waals surface area (Å²) in [5.74, 6) is 0.749. The van der Waals surface area contributed by atoms with Crippen LogP contribution in [0.1, 0.15) is 5.69 Å². The first-order chi connectivity index (χ1) is 12.6. The van der Waals surface area contributed by atoms with Crippen molar-refractivity contribution in [1.29, 1.82) is 0 Å². The standard InChI is InChI=1S/C20H16ClN3O2/c1-12-18(13-4-3-5-16(10-13)26-2)19-17(11-22-12)20(25)24(23-19)15-8-6-14(21)7-9-15/h3-11,22H,1-2H3. The van der Waals surface area contributed by atoms with Crippen molar-refractivity contribution in [2.45, 2.75) is 6.92 Å². The molecule has 130 valence electrons. The Kier molecular flexibility index (Phi) is 4.01. The maximum atomic E-state index is 12.9. The van der Waals surface area contributed by atoms with Crippen molar-refractivity contribution in [1.82, 2.24) is 14.8 Å². The highest BCUT2D eigenvalue weighted by Crippen LogP contribution is 2.34. The van der Waals surface area contributed by atoms with Crippen molar-refractivity contribution in [2.75, 3.05) is 7.11 Å². The van der Waals surface area contributed by atoms with Crippen LogP contribution < -0.4 is 10.3 Å². The van der Waals surface area contributed by atoms with E-state index in [4.69, 9.17) is 16.3 Å². The number of methoxy groups -OCH3 is 1. The highest BCUT2D eigenvalue weighted by Gasteiger charge is 2.22. The molecule has 5 nitrogen and oxygen atoms in total. The van der Waals surface area contributed by atoms with Gasteiger partial charge in [0.25, 0.3) is 5.56 Å². The minimum Gasteiger partial charge on any atom is -0.497 e. The number of pyridine rings is 1. The van der Waals surface area contributed by atoms with Crippen LogP contribution in [0.3, 0.4) is 0 Å². The van der Waals surface area contributed by atoms with Gasteiger partial charge in [0.15, 0.2) is 0 Å². The van der Waals surface area contributed by atoms with E-state index in [1.54, 1.807) is 37.6 Å². The quantitative estimate of drug-likeness (QED) is 0.588. The van der Waals surface area contributed by atoms with Gasteiger partial charge in [0.05, 0.1) is 18.4 Å². The molecule has 2 heterocycles. The van der Waals surface area contributed by atoms with Gasteiger partial charge in [0.2, 0.25) is 0 Å². The number of fused-ring (bicyclic) bond motifs is 1. The van der Waals surface area contributed by atoms with Crippen molar-refractivity contribution < 1.29 is 4.74 Å². The minimum absolute atomic E-state index is 0.178. The summed E-state index contributed by atoms with van der Waals surface area (Å²) in [4.78, 5) is 16.0. The molecule has 2 aromatic carbocycles. The van der Waals surface area contributed by atoms with Gasteiger partial charge in [-0.2, -0.15) is 9.78 Å². The molecular formula is C20H16ClN3O2. The van der Waals surface area contributed by atoms with Crippen molar-refractivity contribution in [3.8, 4) is 33.8 Å². The molecule has 0 aliphatic carbocycles. The lowest BCUT2D eigenvalue weighted by Crippen LogP contribution is -2.14. The molecule has 0 atom stereocenters. The normalized spacial score (nSPS) is 11.0. The van der Waals surface area contributed by atoms with Gasteiger partial charge in [-0.05, 0) is 48.9 Å². The summed E-state index contributed by atoms with van der Waals surface area (Å²) in [6, 6.07) is 14.7. The lowest BCUT2D eigenvalue weighted by molar-refractivity contribution is 0.415. The Labute approximate surface area is 155 Å². The molecule has 2 aliphatic heterocycles. The molecule has 1 N–H and O–H groups in total. The van der Waals surface area contributed by atoms with Crippen molar-refractivity contribution in [3.05, 3.63) is 75.8 Å². The van der Waals surface area contributed by atoms with Crippen LogP contribution in [0.2, 0.25) is 5.02 Å². The largest absolute Gasteiger partial charge is 0.497 e. The van der Waals surface area contributed by atoms with Crippen LogP contribution in [0.25, 0.3) is 28.1 Å². The van der Waals surface area contributed by atoms with Crippen molar-refractivity contribution >= 4 is 11.6 Å². The molecule has 0 saturated heterocycles. The number of nitrogens with one attached hydrogen (secondary N) is 1. The van der Waals surface area contributed by atoms with E-state index in [-0.39, 0.29) is 5.56 Å². The first-order valence-electron chi connectivity index (χ1n) is 8.10. The number of ether oxygens (including phenoxy) is 1. The Balaban J connectivity index is 1.97. The Morgan fingerprint density at radius 3 is 2.65 bits per heavy atom. The molecule has 0 fully saturated rings. The summed E-state index contributed by atoms with van der Waals surface area (Å²) < 4.78 is 6.73. The number of aromatic amines is 1. The second-order valence-corrected chi connectivity index (χ2v) is 6.41. The average Bonchev–Trinajstić information content (AvgIpc) is 2.99. The van der Waals surface area contributed by atoms with E-state index in [1.807, 2.05) is 31.2 Å². The number of benzene rings is 2. The molecule has 0 amide bonds. The number of aryl methyl sites for hydroxylation is 1. The molecule has 4 rings (SSSR count). The third-order valence-electron chi connectivity index (χ3n) is 4.35. The van der Waals surface area contributed by atoms with Gasteiger partial charge >= 0.3 is 0 Å². The molecule has 2 aliphatic rings. The summed E-state index contributed by atoms with van der Waals surface area (Å²) >= 11 is 5.95. The van der Waals surface area contributed by atoms with E-state index < -0.39 is 0 Å². The van der Waals surface area contributed by atoms with E-state index in [0.29, 0.717) is 22.0 Å². The third kappa shape index (κ3) is 2.66. The highest BCUT2D eigenvalue weighted by molar-refractivity contribution is 6.30. The predicted molar refractivity (Wildman–Crippen MR) is 103 cm³/mol. The van der Waals surface area contributed by atoms with Gasteiger partial charge in [-0.25, -0.2) is 0 Å². The molecule has 0 radical (unpaired) electrons. The van der Waals surface area contributed by atoms with Gasteiger partial charge in [-0.15, -0.1) is 0 Å². The molecule has 0 bridgehead atoms. The molecule has 26 heavy (non-hydrogen) atoms. The highest BCUT2D eigenvalue weighted by atomic mass is 35.5. The van der Waals surface area contributed by atoms with Crippen LogP contribution in [-0.2, 0) is 0 Å². The van der Waals surface area contributed by atoms with Gasteiger partial charge in [-0.3, -0.25) is 4.79 Å². The minimum atomic E-state index is -0.178. The zero-order valence-corrected chi connectivity index (χ0v) is 15.0. The Hall–Kier alpha value is -3.05. The average molecular weight is 366 g/mol. The summed E-state index contributed by atoms with van der Waals surface area (Å²) in [5, 5.41) is 5.22. The van der Waals surface area contributed by atoms with E-state index in [9.17, 15) is 4.79 Å². The fourth-order valence-corrected chi connectivity index (χ4v) is 3.17. The van der Waals surface area contributed by atoms with E-state index in [0.717, 1.165) is 22.6 Å². The Bertz CT molecular complexity index is 1110. The number of H-pyrrole nitrogens is 1. The zero-order valence-electron chi connectivity index (χ0n) is 14.3. The fraction of sp³-hybridized carbons (Fsp3) is 0.100. The van der Waals surface area contributed by atoms with Gasteiger partial charge in [-0.1, -0.05) is 23.7 Å². The Morgan fingerprint density at radius 1 is 1.15 bits per heavy atom. The van der Waals surface area contributed by atoms with Crippen LogP contribution in [0.4, 0.5) is 0 Å². The summed E-state index contributed by atoms with van der Waals surface area (Å²) in [6.45, 7) is 1.96. The number of hydrogen-bond donors (Lipinski definition) is 1. The molecule has 0 saturated carbocycles. The van der Waals surface area contributed by atoms with Gasteiger partial charge in [0, 0.05) is 22.5 Å². The summed E-state index contributed by atoms with van der Waals surface area (Å²) in [7, 11) is 1.63. The van der Waals surface area contributed by atoms with E-state index in [1.165, 1.54) is 4.68 Å². The topological polar surface area (TPSA) is 59.9 Å². The van der Waals surface area contributed by atoms with Crippen LogP contribution >= 0.6 is 11.6 Å². The molecule has 0 spiro atoms. The first-order valence-corrected chi connectivity index (χ1v) is 8.47. The predicted octanol–water partition coefficient (Wildman–Crippen LogP) is 4.30. The summed E-state index contributed by atoms with van der Waals surface area (Å²) in [5.41, 5.74) is 4.41. The third-order valence-corrected chi connectivity index (χ3v) is 4.60. The maximum absolute atomic E-state index is 12.9. The summed E-state index contributed by atoms with van der Waals surface area (Å²) in [6.07, 6.45) is 1.70. The lowest BCUT2D eigenvalue weighted by Gasteiger charge is -2.11. The SMILES string of the molecule is COc1cccc(-c2c3nn(-c4ccc(Cl)cc4)c(=O)c-3c[nH]c2C)c1.